The zero-order chi connectivity index (χ0) is 10.8. The molecule has 1 aliphatic carbocycles. The molecule has 0 bridgehead atoms. The van der Waals surface area contributed by atoms with Crippen molar-refractivity contribution in [1.29, 1.82) is 0 Å². The molecule has 1 rings (SSSR count). The molecule has 0 aliphatic heterocycles. The zero-order valence-electron chi connectivity index (χ0n) is 9.27. The van der Waals surface area contributed by atoms with Gasteiger partial charge in [0.1, 0.15) is 0 Å². The highest BCUT2D eigenvalue weighted by molar-refractivity contribution is 9.10. The average molecular weight is 262 g/mol. The van der Waals surface area contributed by atoms with Crippen LogP contribution in [-0.4, -0.2) is 16.3 Å². The minimum absolute atomic E-state index is 0.0944. The SMILES string of the molecule is C[C@H](NC(=O)C(C)(C)Br)C1CCCC1. The Balaban J connectivity index is 2.39. The van der Waals surface area contributed by atoms with Crippen LogP contribution in [0.4, 0.5) is 0 Å². The first kappa shape index (κ1) is 12.0. The number of nitrogens with one attached hydrogen (secondary N) is 1. The summed E-state index contributed by atoms with van der Waals surface area (Å²) in [7, 11) is 0. The summed E-state index contributed by atoms with van der Waals surface area (Å²) in [4.78, 5) is 11.7. The van der Waals surface area contributed by atoms with E-state index in [2.05, 4.69) is 28.2 Å². The van der Waals surface area contributed by atoms with Crippen LogP contribution >= 0.6 is 15.9 Å². The first-order valence-corrected chi connectivity index (χ1v) is 6.20. The number of carbonyl (C=O) groups excluding carboxylic acids is 1. The second-order valence-corrected chi connectivity index (χ2v) is 6.76. The van der Waals surface area contributed by atoms with Gasteiger partial charge in [-0.05, 0) is 39.5 Å². The summed E-state index contributed by atoms with van der Waals surface area (Å²) in [5.74, 6) is 0.783. The van der Waals surface area contributed by atoms with Crippen molar-refractivity contribution in [3.05, 3.63) is 0 Å². The number of rotatable bonds is 3. The third kappa shape index (κ3) is 3.26. The Morgan fingerprint density at radius 2 is 1.93 bits per heavy atom. The van der Waals surface area contributed by atoms with Gasteiger partial charge in [0.2, 0.25) is 5.91 Å². The number of amides is 1. The van der Waals surface area contributed by atoms with Crippen molar-refractivity contribution in [3.8, 4) is 0 Å². The van der Waals surface area contributed by atoms with E-state index >= 15 is 0 Å². The van der Waals surface area contributed by atoms with E-state index < -0.39 is 4.32 Å². The van der Waals surface area contributed by atoms with Crippen LogP contribution < -0.4 is 5.32 Å². The molecular formula is C11H20BrNO. The Kier molecular flexibility index (Phi) is 3.99. The molecule has 1 fully saturated rings. The van der Waals surface area contributed by atoms with Gasteiger partial charge in [-0.1, -0.05) is 28.8 Å². The van der Waals surface area contributed by atoms with Crippen LogP contribution in [0.15, 0.2) is 0 Å². The fourth-order valence-corrected chi connectivity index (χ4v) is 2.07. The lowest BCUT2D eigenvalue weighted by Gasteiger charge is -2.24. The van der Waals surface area contributed by atoms with Crippen LogP contribution in [0.5, 0.6) is 0 Å². The minimum Gasteiger partial charge on any atom is -0.352 e. The van der Waals surface area contributed by atoms with Gasteiger partial charge in [0.15, 0.2) is 0 Å². The molecule has 0 saturated heterocycles. The molecule has 0 unspecified atom stereocenters. The molecule has 1 N–H and O–H groups in total. The molecule has 0 aromatic heterocycles. The first-order chi connectivity index (χ1) is 6.41. The lowest BCUT2D eigenvalue weighted by molar-refractivity contribution is -0.123. The zero-order valence-corrected chi connectivity index (χ0v) is 10.9. The van der Waals surface area contributed by atoms with Gasteiger partial charge < -0.3 is 5.32 Å². The second kappa shape index (κ2) is 4.65. The quantitative estimate of drug-likeness (QED) is 0.778. The molecule has 1 saturated carbocycles. The summed E-state index contributed by atoms with van der Waals surface area (Å²) in [6.07, 6.45) is 5.18. The van der Waals surface area contributed by atoms with E-state index in [0.717, 1.165) is 0 Å². The first-order valence-electron chi connectivity index (χ1n) is 5.41. The van der Waals surface area contributed by atoms with Gasteiger partial charge in [0.25, 0.3) is 0 Å². The third-order valence-corrected chi connectivity index (χ3v) is 3.37. The predicted molar refractivity (Wildman–Crippen MR) is 62.6 cm³/mol. The molecule has 1 atom stereocenters. The molecule has 2 nitrogen and oxygen atoms in total. The maximum atomic E-state index is 11.7. The topological polar surface area (TPSA) is 29.1 Å². The van der Waals surface area contributed by atoms with Crippen molar-refractivity contribution in [2.45, 2.75) is 56.8 Å². The maximum absolute atomic E-state index is 11.7. The average Bonchev–Trinajstić information content (AvgIpc) is 2.53. The number of hydrogen-bond donors (Lipinski definition) is 1. The van der Waals surface area contributed by atoms with Crippen LogP contribution in [0.1, 0.15) is 46.5 Å². The van der Waals surface area contributed by atoms with E-state index in [4.69, 9.17) is 0 Å². The molecule has 82 valence electrons. The molecular weight excluding hydrogens is 242 g/mol. The summed E-state index contributed by atoms with van der Waals surface area (Å²) in [5, 5.41) is 3.08. The van der Waals surface area contributed by atoms with Gasteiger partial charge in [-0.15, -0.1) is 0 Å². The molecule has 14 heavy (non-hydrogen) atoms. The van der Waals surface area contributed by atoms with Crippen molar-refractivity contribution in [2.24, 2.45) is 5.92 Å². The number of hydrogen-bond acceptors (Lipinski definition) is 1. The monoisotopic (exact) mass is 261 g/mol. The van der Waals surface area contributed by atoms with E-state index in [-0.39, 0.29) is 5.91 Å². The summed E-state index contributed by atoms with van der Waals surface area (Å²) in [6.45, 7) is 5.88. The van der Waals surface area contributed by atoms with Crippen LogP contribution in [-0.2, 0) is 4.79 Å². The lowest BCUT2D eigenvalue weighted by atomic mass is 9.99. The van der Waals surface area contributed by atoms with Crippen molar-refractivity contribution < 1.29 is 4.79 Å². The fourth-order valence-electron chi connectivity index (χ4n) is 1.95. The highest BCUT2D eigenvalue weighted by Gasteiger charge is 2.28. The van der Waals surface area contributed by atoms with Gasteiger partial charge >= 0.3 is 0 Å². The number of alkyl halides is 1. The van der Waals surface area contributed by atoms with E-state index in [9.17, 15) is 4.79 Å². The van der Waals surface area contributed by atoms with Crippen LogP contribution in [0.2, 0.25) is 0 Å². The van der Waals surface area contributed by atoms with Crippen molar-refractivity contribution in [2.75, 3.05) is 0 Å². The van der Waals surface area contributed by atoms with Gasteiger partial charge in [-0.3, -0.25) is 4.79 Å². The highest BCUT2D eigenvalue weighted by atomic mass is 79.9. The predicted octanol–water partition coefficient (Wildman–Crippen LogP) is 2.85. The summed E-state index contributed by atoms with van der Waals surface area (Å²) in [5.41, 5.74) is 0. The van der Waals surface area contributed by atoms with Crippen molar-refractivity contribution >= 4 is 21.8 Å². The largest absolute Gasteiger partial charge is 0.352 e. The summed E-state index contributed by atoms with van der Waals surface area (Å²) >= 11 is 3.37. The normalized spacial score (nSPS) is 20.9. The van der Waals surface area contributed by atoms with Crippen molar-refractivity contribution in [3.63, 3.8) is 0 Å². The molecule has 0 heterocycles. The Bertz CT molecular complexity index is 204. The molecule has 1 aliphatic rings. The molecule has 0 spiro atoms. The number of halogens is 1. The minimum atomic E-state index is -0.445. The molecule has 0 aromatic carbocycles. The van der Waals surface area contributed by atoms with Gasteiger partial charge in [0, 0.05) is 6.04 Å². The van der Waals surface area contributed by atoms with Crippen LogP contribution in [0, 0.1) is 5.92 Å². The Morgan fingerprint density at radius 3 is 2.36 bits per heavy atom. The third-order valence-electron chi connectivity index (χ3n) is 3.01. The van der Waals surface area contributed by atoms with Crippen LogP contribution in [0.3, 0.4) is 0 Å². The summed E-state index contributed by atoms with van der Waals surface area (Å²) in [6, 6.07) is 0.321. The van der Waals surface area contributed by atoms with E-state index in [1.54, 1.807) is 0 Å². The van der Waals surface area contributed by atoms with E-state index in [0.29, 0.717) is 12.0 Å². The molecule has 0 aromatic rings. The lowest BCUT2D eigenvalue weighted by Crippen LogP contribution is -2.44. The maximum Gasteiger partial charge on any atom is 0.236 e. The molecule has 1 amide bonds. The Labute approximate surface area is 95.0 Å². The van der Waals surface area contributed by atoms with Crippen molar-refractivity contribution in [1.82, 2.24) is 5.32 Å². The fraction of sp³-hybridized carbons (Fsp3) is 0.909. The molecule has 0 radical (unpaired) electrons. The smallest absolute Gasteiger partial charge is 0.236 e. The second-order valence-electron chi connectivity index (χ2n) is 4.78. The standard InChI is InChI=1S/C11H20BrNO/c1-8(9-6-4-5-7-9)13-10(14)11(2,3)12/h8-9H,4-7H2,1-3H3,(H,13,14)/t8-/m0/s1. The van der Waals surface area contributed by atoms with Gasteiger partial charge in [0.05, 0.1) is 4.32 Å². The highest BCUT2D eigenvalue weighted by Crippen LogP contribution is 2.28. The van der Waals surface area contributed by atoms with E-state index in [1.165, 1.54) is 25.7 Å². The van der Waals surface area contributed by atoms with E-state index in [1.807, 2.05) is 13.8 Å². The molecule has 3 heteroatoms. The van der Waals surface area contributed by atoms with Crippen LogP contribution in [0.25, 0.3) is 0 Å². The van der Waals surface area contributed by atoms with Gasteiger partial charge in [-0.25, -0.2) is 0 Å². The summed E-state index contributed by atoms with van der Waals surface area (Å²) < 4.78 is -0.445. The number of carbonyl (C=O) groups is 1. The Hall–Kier alpha value is -0.0500. The Morgan fingerprint density at radius 1 is 1.43 bits per heavy atom. The van der Waals surface area contributed by atoms with Gasteiger partial charge in [-0.2, -0.15) is 0 Å².